The molecule has 0 unspecified atom stereocenters. The van der Waals surface area contributed by atoms with Crippen LogP contribution in [0, 0.1) is 11.3 Å². The molecule has 6 nitrogen and oxygen atoms in total. The van der Waals surface area contributed by atoms with Crippen LogP contribution in [-0.4, -0.2) is 17.7 Å². The number of nitrogens with one attached hydrogen (secondary N) is 1. The summed E-state index contributed by atoms with van der Waals surface area (Å²) in [4.78, 5) is 23.6. The van der Waals surface area contributed by atoms with Crippen molar-refractivity contribution < 1.29 is 19.1 Å². The molecule has 2 rings (SSSR count). The van der Waals surface area contributed by atoms with Gasteiger partial charge >= 0.3 is 11.9 Å². The molecule has 1 aromatic rings. The van der Waals surface area contributed by atoms with Gasteiger partial charge in [-0.25, -0.2) is 9.59 Å². The van der Waals surface area contributed by atoms with Crippen molar-refractivity contribution in [2.75, 3.05) is 5.32 Å². The lowest BCUT2D eigenvalue weighted by Crippen LogP contribution is -2.42. The second kappa shape index (κ2) is 5.87. The maximum atomic E-state index is 11.8. The van der Waals surface area contributed by atoms with E-state index in [-0.39, 0.29) is 26.9 Å². The maximum Gasteiger partial charge on any atom is 0.350 e. The average Bonchev–Trinajstić information content (AvgIpc) is 2.37. The summed E-state index contributed by atoms with van der Waals surface area (Å²) in [6.07, 6.45) is 1.08. The number of rotatable bonds is 2. The van der Waals surface area contributed by atoms with E-state index in [0.717, 1.165) is 6.20 Å². The summed E-state index contributed by atoms with van der Waals surface area (Å²) in [5.74, 6) is -2.99. The molecular formula is C14H10Cl2N2O4. The summed E-state index contributed by atoms with van der Waals surface area (Å²) in [7, 11) is 0. The number of carbonyl (C=O) groups excluding carboxylic acids is 2. The Morgan fingerprint density at radius 2 is 1.82 bits per heavy atom. The van der Waals surface area contributed by atoms with Gasteiger partial charge in [0.1, 0.15) is 6.07 Å². The zero-order chi connectivity index (χ0) is 16.5. The molecule has 22 heavy (non-hydrogen) atoms. The average molecular weight is 341 g/mol. The molecule has 1 aliphatic rings. The van der Waals surface area contributed by atoms with Gasteiger partial charge in [-0.15, -0.1) is 0 Å². The molecular weight excluding hydrogens is 331 g/mol. The van der Waals surface area contributed by atoms with E-state index in [0.29, 0.717) is 0 Å². The first-order valence-electron chi connectivity index (χ1n) is 6.06. The van der Waals surface area contributed by atoms with Crippen LogP contribution >= 0.6 is 23.2 Å². The Labute approximate surface area is 136 Å². The SMILES string of the molecule is CC1(C)OC(=O)C(=CNc2c(Cl)cc(Cl)cc2C#N)C(=O)O1. The van der Waals surface area contributed by atoms with Crippen molar-refractivity contribution in [3.63, 3.8) is 0 Å². The van der Waals surface area contributed by atoms with Crippen molar-refractivity contribution in [1.29, 1.82) is 5.26 Å². The van der Waals surface area contributed by atoms with E-state index in [1.54, 1.807) is 0 Å². The first kappa shape index (κ1) is 16.1. The Morgan fingerprint density at radius 3 is 2.36 bits per heavy atom. The van der Waals surface area contributed by atoms with Crippen LogP contribution in [0.25, 0.3) is 0 Å². The summed E-state index contributed by atoms with van der Waals surface area (Å²) in [5, 5.41) is 12.2. The van der Waals surface area contributed by atoms with Gasteiger partial charge in [0.2, 0.25) is 0 Å². The van der Waals surface area contributed by atoms with Crippen LogP contribution in [0.2, 0.25) is 10.0 Å². The number of benzene rings is 1. The second-order valence-corrected chi connectivity index (χ2v) is 5.65. The Hall–Kier alpha value is -2.23. The second-order valence-electron chi connectivity index (χ2n) is 4.80. The van der Waals surface area contributed by atoms with Gasteiger partial charge in [0.15, 0.2) is 5.57 Å². The van der Waals surface area contributed by atoms with E-state index in [4.69, 9.17) is 37.9 Å². The highest BCUT2D eigenvalue weighted by molar-refractivity contribution is 6.36. The number of hydrogen-bond donors (Lipinski definition) is 1. The number of ether oxygens (including phenoxy) is 2. The molecule has 0 amide bonds. The predicted molar refractivity (Wildman–Crippen MR) is 79.1 cm³/mol. The molecule has 0 spiro atoms. The topological polar surface area (TPSA) is 88.4 Å². The first-order valence-corrected chi connectivity index (χ1v) is 6.81. The van der Waals surface area contributed by atoms with Crippen molar-refractivity contribution in [2.24, 2.45) is 0 Å². The van der Waals surface area contributed by atoms with E-state index in [1.165, 1.54) is 26.0 Å². The van der Waals surface area contributed by atoms with Gasteiger partial charge in [-0.3, -0.25) is 0 Å². The van der Waals surface area contributed by atoms with Gasteiger partial charge in [-0.05, 0) is 12.1 Å². The minimum Gasteiger partial charge on any atom is -0.419 e. The molecule has 1 saturated heterocycles. The zero-order valence-electron chi connectivity index (χ0n) is 11.6. The molecule has 0 aliphatic carbocycles. The number of nitriles is 1. The molecule has 1 N–H and O–H groups in total. The summed E-state index contributed by atoms with van der Waals surface area (Å²) < 4.78 is 9.88. The monoisotopic (exact) mass is 340 g/mol. The lowest BCUT2D eigenvalue weighted by Gasteiger charge is -2.29. The van der Waals surface area contributed by atoms with Gasteiger partial charge < -0.3 is 14.8 Å². The minimum absolute atomic E-state index is 0.159. The van der Waals surface area contributed by atoms with Gasteiger partial charge in [0.05, 0.1) is 16.3 Å². The largest absolute Gasteiger partial charge is 0.419 e. The molecule has 0 atom stereocenters. The van der Waals surface area contributed by atoms with Gasteiger partial charge in [0.25, 0.3) is 5.79 Å². The Kier molecular flexibility index (Phi) is 4.31. The minimum atomic E-state index is -1.32. The van der Waals surface area contributed by atoms with Crippen molar-refractivity contribution >= 4 is 40.8 Å². The van der Waals surface area contributed by atoms with Crippen LogP contribution in [0.5, 0.6) is 0 Å². The van der Waals surface area contributed by atoms with Crippen LogP contribution in [0.1, 0.15) is 19.4 Å². The molecule has 1 aromatic carbocycles. The number of carbonyl (C=O) groups is 2. The maximum absolute atomic E-state index is 11.8. The van der Waals surface area contributed by atoms with Gasteiger partial charge in [0, 0.05) is 25.1 Å². The lowest BCUT2D eigenvalue weighted by molar-refractivity contribution is -0.222. The third-order valence-electron chi connectivity index (χ3n) is 2.65. The predicted octanol–water partition coefficient (Wildman–Crippen LogP) is 3.00. The fourth-order valence-electron chi connectivity index (χ4n) is 1.73. The molecule has 0 aromatic heterocycles. The number of cyclic esters (lactones) is 2. The summed E-state index contributed by atoms with van der Waals surface area (Å²) >= 11 is 11.8. The van der Waals surface area contributed by atoms with Crippen molar-refractivity contribution in [2.45, 2.75) is 19.6 Å². The van der Waals surface area contributed by atoms with Crippen molar-refractivity contribution in [1.82, 2.24) is 0 Å². The number of hydrogen-bond acceptors (Lipinski definition) is 6. The fraction of sp³-hybridized carbons (Fsp3) is 0.214. The molecule has 1 aliphatic heterocycles. The molecule has 0 radical (unpaired) electrons. The van der Waals surface area contributed by atoms with Crippen LogP contribution in [-0.2, 0) is 19.1 Å². The van der Waals surface area contributed by atoms with Crippen molar-refractivity contribution in [3.05, 3.63) is 39.5 Å². The first-order chi connectivity index (χ1) is 10.2. The third-order valence-corrected chi connectivity index (χ3v) is 3.17. The van der Waals surface area contributed by atoms with Gasteiger partial charge in [-0.2, -0.15) is 5.26 Å². The summed E-state index contributed by atoms with van der Waals surface area (Å²) in [6.45, 7) is 2.88. The molecule has 0 saturated carbocycles. The third kappa shape index (κ3) is 3.32. The fourth-order valence-corrected chi connectivity index (χ4v) is 2.28. The highest BCUT2D eigenvalue weighted by Crippen LogP contribution is 2.30. The molecule has 0 bridgehead atoms. The quantitative estimate of drug-likeness (QED) is 0.505. The standard InChI is InChI=1S/C14H10Cl2N2O4/c1-14(2)21-12(19)9(13(20)22-14)6-18-11-7(5-17)3-8(15)4-10(11)16/h3-4,6,18H,1-2H3. The van der Waals surface area contributed by atoms with Crippen LogP contribution in [0.4, 0.5) is 5.69 Å². The molecule has 8 heteroatoms. The zero-order valence-corrected chi connectivity index (χ0v) is 13.1. The van der Waals surface area contributed by atoms with Gasteiger partial charge in [-0.1, -0.05) is 23.2 Å². The van der Waals surface area contributed by atoms with Crippen molar-refractivity contribution in [3.8, 4) is 6.07 Å². The molecule has 1 fully saturated rings. The van der Waals surface area contributed by atoms with E-state index >= 15 is 0 Å². The Morgan fingerprint density at radius 1 is 1.23 bits per heavy atom. The van der Waals surface area contributed by atoms with Crippen LogP contribution in [0.15, 0.2) is 23.9 Å². The molecule has 114 valence electrons. The Balaban J connectivity index is 2.32. The van der Waals surface area contributed by atoms with E-state index in [1.807, 2.05) is 6.07 Å². The number of anilines is 1. The summed E-state index contributed by atoms with van der Waals surface area (Å²) in [6, 6.07) is 4.73. The molecule has 1 heterocycles. The highest BCUT2D eigenvalue weighted by atomic mass is 35.5. The Bertz CT molecular complexity index is 713. The number of nitrogens with zero attached hydrogens (tertiary/aromatic N) is 1. The lowest BCUT2D eigenvalue weighted by atomic mass is 10.2. The van der Waals surface area contributed by atoms with Crippen LogP contribution in [0.3, 0.4) is 0 Å². The number of esters is 2. The highest BCUT2D eigenvalue weighted by Gasteiger charge is 2.39. The summed E-state index contributed by atoms with van der Waals surface area (Å²) in [5.41, 5.74) is 0.0351. The van der Waals surface area contributed by atoms with E-state index in [2.05, 4.69) is 5.32 Å². The normalized spacial score (nSPS) is 16.4. The smallest absolute Gasteiger partial charge is 0.350 e. The van der Waals surface area contributed by atoms with E-state index < -0.39 is 17.7 Å². The van der Waals surface area contributed by atoms with E-state index in [9.17, 15) is 9.59 Å². The van der Waals surface area contributed by atoms with Crippen LogP contribution < -0.4 is 5.32 Å². The number of halogens is 2.